The molecule has 0 saturated heterocycles. The minimum atomic E-state index is 0.292. The molecule has 1 heterocycles. The van der Waals surface area contributed by atoms with E-state index >= 15 is 0 Å². The molecule has 0 aliphatic carbocycles. The molecule has 0 aromatic heterocycles. The van der Waals surface area contributed by atoms with Crippen molar-refractivity contribution in [3.05, 3.63) is 53.6 Å². The lowest BCUT2D eigenvalue weighted by Crippen LogP contribution is -2.03. The highest BCUT2D eigenvalue weighted by molar-refractivity contribution is 5.44. The molecule has 1 aliphatic rings. The van der Waals surface area contributed by atoms with Crippen LogP contribution in [0.25, 0.3) is 0 Å². The number of ether oxygens (including phenoxy) is 3. The highest BCUT2D eigenvalue weighted by atomic mass is 16.7. The molecule has 2 aromatic carbocycles. The Kier molecular flexibility index (Phi) is 3.74. The van der Waals surface area contributed by atoms with Gasteiger partial charge >= 0.3 is 0 Å². The third-order valence-electron chi connectivity index (χ3n) is 3.17. The van der Waals surface area contributed by atoms with Gasteiger partial charge in [-0.15, -0.1) is 0 Å². The van der Waals surface area contributed by atoms with Crippen molar-refractivity contribution in [3.63, 3.8) is 0 Å². The summed E-state index contributed by atoms with van der Waals surface area (Å²) in [4.78, 5) is 0. The molecule has 0 bridgehead atoms. The van der Waals surface area contributed by atoms with Crippen molar-refractivity contribution >= 4 is 0 Å². The molecule has 1 aliphatic heterocycles. The Bertz CT molecular complexity index is 598. The monoisotopic (exact) mass is 271 g/mol. The van der Waals surface area contributed by atoms with E-state index in [1.807, 2.05) is 36.4 Å². The Balaban J connectivity index is 1.65. The molecule has 0 atom stereocenters. The van der Waals surface area contributed by atoms with Gasteiger partial charge in [0.05, 0.1) is 0 Å². The summed E-state index contributed by atoms with van der Waals surface area (Å²) in [6.07, 6.45) is 0.862. The lowest BCUT2D eigenvalue weighted by atomic mass is 10.1. The fourth-order valence-electron chi connectivity index (χ4n) is 2.15. The second kappa shape index (κ2) is 5.84. The SMILES string of the molecule is NCCc1cccc(OCc2ccc3c(c2)OCO3)c1. The predicted molar refractivity (Wildman–Crippen MR) is 76.1 cm³/mol. The largest absolute Gasteiger partial charge is 0.489 e. The van der Waals surface area contributed by atoms with Gasteiger partial charge in [-0.3, -0.25) is 0 Å². The maximum absolute atomic E-state index is 5.80. The molecule has 4 nitrogen and oxygen atoms in total. The Morgan fingerprint density at radius 3 is 2.80 bits per heavy atom. The van der Waals surface area contributed by atoms with E-state index in [1.165, 1.54) is 5.56 Å². The molecule has 4 heteroatoms. The van der Waals surface area contributed by atoms with Crippen LogP contribution in [-0.2, 0) is 13.0 Å². The highest BCUT2D eigenvalue weighted by Crippen LogP contribution is 2.32. The van der Waals surface area contributed by atoms with Crippen molar-refractivity contribution in [3.8, 4) is 17.2 Å². The maximum Gasteiger partial charge on any atom is 0.231 e. The molecule has 0 spiro atoms. The van der Waals surface area contributed by atoms with Gasteiger partial charge in [0.1, 0.15) is 12.4 Å². The zero-order valence-electron chi connectivity index (χ0n) is 11.2. The van der Waals surface area contributed by atoms with Gasteiger partial charge in [0.2, 0.25) is 6.79 Å². The van der Waals surface area contributed by atoms with Crippen molar-refractivity contribution < 1.29 is 14.2 Å². The quantitative estimate of drug-likeness (QED) is 0.907. The highest BCUT2D eigenvalue weighted by Gasteiger charge is 2.13. The lowest BCUT2D eigenvalue weighted by Gasteiger charge is -2.08. The zero-order chi connectivity index (χ0) is 13.8. The summed E-state index contributed by atoms with van der Waals surface area (Å²) in [5.41, 5.74) is 7.81. The Labute approximate surface area is 118 Å². The first-order valence-corrected chi connectivity index (χ1v) is 6.65. The fourth-order valence-corrected chi connectivity index (χ4v) is 2.15. The smallest absolute Gasteiger partial charge is 0.231 e. The van der Waals surface area contributed by atoms with E-state index in [4.69, 9.17) is 19.9 Å². The number of nitrogens with two attached hydrogens (primary N) is 1. The van der Waals surface area contributed by atoms with Crippen LogP contribution in [-0.4, -0.2) is 13.3 Å². The Morgan fingerprint density at radius 2 is 1.90 bits per heavy atom. The van der Waals surface area contributed by atoms with Gasteiger partial charge in [0.25, 0.3) is 0 Å². The molecule has 104 valence electrons. The number of fused-ring (bicyclic) bond motifs is 1. The first-order chi connectivity index (χ1) is 9.85. The van der Waals surface area contributed by atoms with E-state index in [2.05, 4.69) is 6.07 Å². The molecule has 0 amide bonds. The van der Waals surface area contributed by atoms with Gasteiger partial charge in [0.15, 0.2) is 11.5 Å². The third-order valence-corrected chi connectivity index (χ3v) is 3.17. The summed E-state index contributed by atoms with van der Waals surface area (Å²) in [6, 6.07) is 13.9. The van der Waals surface area contributed by atoms with Crippen LogP contribution < -0.4 is 19.9 Å². The Hall–Kier alpha value is -2.20. The van der Waals surface area contributed by atoms with Gasteiger partial charge in [0, 0.05) is 0 Å². The van der Waals surface area contributed by atoms with E-state index in [0.717, 1.165) is 29.2 Å². The number of hydrogen-bond donors (Lipinski definition) is 1. The Morgan fingerprint density at radius 1 is 1.00 bits per heavy atom. The van der Waals surface area contributed by atoms with E-state index in [0.29, 0.717) is 19.9 Å². The summed E-state index contributed by atoms with van der Waals surface area (Å²) in [5.74, 6) is 2.43. The summed E-state index contributed by atoms with van der Waals surface area (Å²) >= 11 is 0. The van der Waals surface area contributed by atoms with Crippen LogP contribution in [0.1, 0.15) is 11.1 Å². The molecular formula is C16H17NO3. The minimum absolute atomic E-state index is 0.292. The van der Waals surface area contributed by atoms with Crippen molar-refractivity contribution in [2.45, 2.75) is 13.0 Å². The van der Waals surface area contributed by atoms with Crippen molar-refractivity contribution in [1.82, 2.24) is 0 Å². The molecule has 0 saturated carbocycles. The number of benzene rings is 2. The van der Waals surface area contributed by atoms with Gasteiger partial charge in [-0.25, -0.2) is 0 Å². The predicted octanol–water partition coefficient (Wildman–Crippen LogP) is 2.50. The fraction of sp³-hybridized carbons (Fsp3) is 0.250. The van der Waals surface area contributed by atoms with Gasteiger partial charge in [-0.05, 0) is 48.4 Å². The molecule has 0 unspecified atom stereocenters. The van der Waals surface area contributed by atoms with Crippen LogP contribution in [0.3, 0.4) is 0 Å². The molecule has 2 aromatic rings. The van der Waals surface area contributed by atoms with Gasteiger partial charge in [-0.1, -0.05) is 18.2 Å². The van der Waals surface area contributed by atoms with Crippen LogP contribution >= 0.6 is 0 Å². The molecule has 3 rings (SSSR count). The van der Waals surface area contributed by atoms with E-state index < -0.39 is 0 Å². The van der Waals surface area contributed by atoms with Crippen LogP contribution in [0.15, 0.2) is 42.5 Å². The van der Waals surface area contributed by atoms with Crippen LogP contribution in [0.5, 0.6) is 17.2 Å². The topological polar surface area (TPSA) is 53.7 Å². The summed E-state index contributed by atoms with van der Waals surface area (Å²) < 4.78 is 16.4. The average Bonchev–Trinajstić information content (AvgIpc) is 2.93. The van der Waals surface area contributed by atoms with E-state index in [-0.39, 0.29) is 0 Å². The van der Waals surface area contributed by atoms with E-state index in [1.54, 1.807) is 0 Å². The second-order valence-electron chi connectivity index (χ2n) is 4.66. The van der Waals surface area contributed by atoms with Crippen molar-refractivity contribution in [1.29, 1.82) is 0 Å². The summed E-state index contributed by atoms with van der Waals surface area (Å²) in [5, 5.41) is 0. The van der Waals surface area contributed by atoms with Crippen LogP contribution in [0, 0.1) is 0 Å². The zero-order valence-corrected chi connectivity index (χ0v) is 11.2. The summed E-state index contributed by atoms with van der Waals surface area (Å²) in [6.45, 7) is 1.44. The average molecular weight is 271 g/mol. The van der Waals surface area contributed by atoms with Crippen molar-refractivity contribution in [2.24, 2.45) is 5.73 Å². The van der Waals surface area contributed by atoms with Crippen LogP contribution in [0.4, 0.5) is 0 Å². The molecule has 20 heavy (non-hydrogen) atoms. The second-order valence-corrected chi connectivity index (χ2v) is 4.66. The maximum atomic E-state index is 5.80. The summed E-state index contributed by atoms with van der Waals surface area (Å²) in [7, 11) is 0. The third kappa shape index (κ3) is 2.86. The molecule has 0 fully saturated rings. The normalized spacial score (nSPS) is 12.4. The standard InChI is InChI=1S/C16H17NO3/c17-7-6-12-2-1-3-14(8-12)18-10-13-4-5-15-16(9-13)20-11-19-15/h1-5,8-9H,6-7,10-11,17H2. The van der Waals surface area contributed by atoms with Gasteiger partial charge in [-0.2, -0.15) is 0 Å². The van der Waals surface area contributed by atoms with Crippen LogP contribution in [0.2, 0.25) is 0 Å². The van der Waals surface area contributed by atoms with Gasteiger partial charge < -0.3 is 19.9 Å². The first kappa shape index (κ1) is 12.8. The minimum Gasteiger partial charge on any atom is -0.489 e. The lowest BCUT2D eigenvalue weighted by molar-refractivity contribution is 0.174. The van der Waals surface area contributed by atoms with E-state index in [9.17, 15) is 0 Å². The molecule has 2 N–H and O–H groups in total. The first-order valence-electron chi connectivity index (χ1n) is 6.65. The number of hydrogen-bond acceptors (Lipinski definition) is 4. The number of rotatable bonds is 5. The van der Waals surface area contributed by atoms with Crippen molar-refractivity contribution in [2.75, 3.05) is 13.3 Å². The molecule has 0 radical (unpaired) electrons. The molecular weight excluding hydrogens is 254 g/mol.